The second kappa shape index (κ2) is 10.9. The molecule has 0 aliphatic carbocycles. The minimum Gasteiger partial charge on any atom is -0.492 e. The SMILES string of the molecule is CCOc1c(Cl)cccc1-c1ccc(COc2ccc([C@@H](CC(=O)O)c3ccon3)cc2)cc1. The summed E-state index contributed by atoms with van der Waals surface area (Å²) < 4.78 is 16.5. The van der Waals surface area contributed by atoms with Gasteiger partial charge in [0, 0.05) is 17.5 Å². The lowest BCUT2D eigenvalue weighted by molar-refractivity contribution is -0.137. The molecule has 0 aliphatic heterocycles. The normalized spacial score (nSPS) is 11.7. The first-order chi connectivity index (χ1) is 16.5. The average Bonchev–Trinajstić information content (AvgIpc) is 3.38. The summed E-state index contributed by atoms with van der Waals surface area (Å²) in [4.78, 5) is 11.3. The molecule has 0 bridgehead atoms. The third-order valence-corrected chi connectivity index (χ3v) is 5.70. The van der Waals surface area contributed by atoms with Crippen LogP contribution in [0, 0.1) is 0 Å². The van der Waals surface area contributed by atoms with Crippen LogP contribution in [0.5, 0.6) is 11.5 Å². The molecule has 1 N–H and O–H groups in total. The number of ether oxygens (including phenoxy) is 2. The summed E-state index contributed by atoms with van der Waals surface area (Å²) >= 11 is 6.31. The van der Waals surface area contributed by atoms with Crippen molar-refractivity contribution >= 4 is 17.6 Å². The predicted octanol–water partition coefficient (Wildman–Crippen LogP) is 6.58. The molecular formula is C27H24ClNO5. The molecule has 0 spiro atoms. The van der Waals surface area contributed by atoms with Gasteiger partial charge in [-0.25, -0.2) is 0 Å². The molecule has 3 aromatic carbocycles. The third kappa shape index (κ3) is 5.58. The van der Waals surface area contributed by atoms with Crippen molar-refractivity contribution in [3.63, 3.8) is 0 Å². The van der Waals surface area contributed by atoms with Gasteiger partial charge in [-0.2, -0.15) is 0 Å². The fourth-order valence-electron chi connectivity index (χ4n) is 3.74. The van der Waals surface area contributed by atoms with E-state index in [0.29, 0.717) is 35.4 Å². The zero-order valence-electron chi connectivity index (χ0n) is 18.6. The van der Waals surface area contributed by atoms with Gasteiger partial charge in [-0.15, -0.1) is 0 Å². The van der Waals surface area contributed by atoms with Crippen LogP contribution in [0.15, 0.2) is 83.6 Å². The van der Waals surface area contributed by atoms with Crippen LogP contribution in [0.4, 0.5) is 0 Å². The van der Waals surface area contributed by atoms with Crippen LogP contribution in [0.2, 0.25) is 5.02 Å². The first-order valence-corrected chi connectivity index (χ1v) is 11.3. The quantitative estimate of drug-likeness (QED) is 0.278. The Labute approximate surface area is 202 Å². The second-order valence-electron chi connectivity index (χ2n) is 7.68. The van der Waals surface area contributed by atoms with Crippen LogP contribution in [-0.2, 0) is 11.4 Å². The van der Waals surface area contributed by atoms with E-state index in [9.17, 15) is 9.90 Å². The fraction of sp³-hybridized carbons (Fsp3) is 0.185. The Morgan fingerprint density at radius 3 is 2.44 bits per heavy atom. The molecule has 0 radical (unpaired) electrons. The summed E-state index contributed by atoms with van der Waals surface area (Å²) in [6.45, 7) is 2.87. The van der Waals surface area contributed by atoms with E-state index in [2.05, 4.69) is 5.16 Å². The number of carboxylic acids is 1. The van der Waals surface area contributed by atoms with Crippen molar-refractivity contribution in [1.82, 2.24) is 5.16 Å². The number of halogens is 1. The van der Waals surface area contributed by atoms with Gasteiger partial charge in [0.15, 0.2) is 0 Å². The van der Waals surface area contributed by atoms with Gasteiger partial charge in [-0.3, -0.25) is 4.79 Å². The molecule has 0 fully saturated rings. The van der Waals surface area contributed by atoms with Gasteiger partial charge in [0.1, 0.15) is 24.4 Å². The molecule has 0 aliphatic rings. The Balaban J connectivity index is 1.42. The molecule has 0 saturated heterocycles. The highest BCUT2D eigenvalue weighted by atomic mass is 35.5. The van der Waals surface area contributed by atoms with Crippen LogP contribution in [0.3, 0.4) is 0 Å². The minimum atomic E-state index is -0.900. The lowest BCUT2D eigenvalue weighted by Gasteiger charge is -2.14. The van der Waals surface area contributed by atoms with E-state index >= 15 is 0 Å². The van der Waals surface area contributed by atoms with E-state index in [4.69, 9.17) is 25.6 Å². The van der Waals surface area contributed by atoms with Crippen LogP contribution < -0.4 is 9.47 Å². The van der Waals surface area contributed by atoms with Crippen molar-refractivity contribution in [3.8, 4) is 22.6 Å². The lowest BCUT2D eigenvalue weighted by atomic mass is 9.92. The van der Waals surface area contributed by atoms with Gasteiger partial charge in [-0.1, -0.05) is 65.3 Å². The second-order valence-corrected chi connectivity index (χ2v) is 8.09. The van der Waals surface area contributed by atoms with Gasteiger partial charge in [0.05, 0.1) is 23.7 Å². The molecule has 0 amide bonds. The molecule has 7 heteroatoms. The van der Waals surface area contributed by atoms with Crippen molar-refractivity contribution < 1.29 is 23.9 Å². The molecule has 174 valence electrons. The molecule has 0 unspecified atom stereocenters. The summed E-state index contributed by atoms with van der Waals surface area (Å²) in [5, 5.41) is 13.8. The fourth-order valence-corrected chi connectivity index (χ4v) is 3.97. The predicted molar refractivity (Wildman–Crippen MR) is 129 cm³/mol. The van der Waals surface area contributed by atoms with Gasteiger partial charge in [-0.05, 0) is 41.8 Å². The van der Waals surface area contributed by atoms with Crippen molar-refractivity contribution in [2.75, 3.05) is 6.61 Å². The highest BCUT2D eigenvalue weighted by Gasteiger charge is 2.20. The standard InChI is InChI=1S/C27H24ClNO5/c1-2-32-27-22(4-3-5-24(27)28)19-8-6-18(7-9-19)17-33-21-12-10-20(11-13-21)23(16-26(30)31)25-14-15-34-29-25/h3-15,23H,2,16-17H2,1H3,(H,30,31)/t23-/m1/s1. The molecular weight excluding hydrogens is 454 g/mol. The van der Waals surface area contributed by atoms with E-state index in [1.807, 2.05) is 73.7 Å². The number of aromatic nitrogens is 1. The van der Waals surface area contributed by atoms with E-state index < -0.39 is 5.97 Å². The van der Waals surface area contributed by atoms with Crippen LogP contribution in [0.1, 0.15) is 36.1 Å². The highest BCUT2D eigenvalue weighted by molar-refractivity contribution is 6.32. The van der Waals surface area contributed by atoms with Crippen molar-refractivity contribution in [2.24, 2.45) is 0 Å². The van der Waals surface area contributed by atoms with Gasteiger partial charge in [0.2, 0.25) is 0 Å². The molecule has 1 heterocycles. The molecule has 4 aromatic rings. The Hall–Kier alpha value is -3.77. The molecule has 6 nitrogen and oxygen atoms in total. The number of benzene rings is 3. The van der Waals surface area contributed by atoms with Crippen molar-refractivity contribution in [2.45, 2.75) is 25.9 Å². The smallest absolute Gasteiger partial charge is 0.304 e. The molecule has 1 atom stereocenters. The van der Waals surface area contributed by atoms with Crippen molar-refractivity contribution in [3.05, 3.63) is 101 Å². The average molecular weight is 478 g/mol. The number of carboxylic acid groups (broad SMARTS) is 1. The maximum Gasteiger partial charge on any atom is 0.304 e. The maximum atomic E-state index is 11.3. The first kappa shape index (κ1) is 23.4. The number of nitrogens with zero attached hydrogens (tertiary/aromatic N) is 1. The number of rotatable bonds is 10. The minimum absolute atomic E-state index is 0.0727. The summed E-state index contributed by atoms with van der Waals surface area (Å²) in [6.07, 6.45) is 1.37. The van der Waals surface area contributed by atoms with E-state index in [1.54, 1.807) is 6.07 Å². The Kier molecular flexibility index (Phi) is 7.50. The van der Waals surface area contributed by atoms with Gasteiger partial charge in [0.25, 0.3) is 0 Å². The molecule has 1 aromatic heterocycles. The Bertz CT molecular complexity index is 1220. The van der Waals surface area contributed by atoms with Crippen LogP contribution >= 0.6 is 11.6 Å². The zero-order chi connectivity index (χ0) is 23.9. The monoisotopic (exact) mass is 477 g/mol. The lowest BCUT2D eigenvalue weighted by Crippen LogP contribution is -2.08. The molecule has 0 saturated carbocycles. The van der Waals surface area contributed by atoms with Crippen molar-refractivity contribution in [1.29, 1.82) is 0 Å². The summed E-state index contributed by atoms with van der Waals surface area (Å²) in [5.41, 5.74) is 4.39. The van der Waals surface area contributed by atoms with E-state index in [0.717, 1.165) is 22.3 Å². The van der Waals surface area contributed by atoms with Crippen LogP contribution in [0.25, 0.3) is 11.1 Å². The third-order valence-electron chi connectivity index (χ3n) is 5.40. The highest BCUT2D eigenvalue weighted by Crippen LogP contribution is 2.36. The number of hydrogen-bond donors (Lipinski definition) is 1. The Morgan fingerprint density at radius 1 is 1.03 bits per heavy atom. The molecule has 34 heavy (non-hydrogen) atoms. The summed E-state index contributed by atoms with van der Waals surface area (Å²) in [7, 11) is 0. The zero-order valence-corrected chi connectivity index (χ0v) is 19.4. The number of hydrogen-bond acceptors (Lipinski definition) is 5. The maximum absolute atomic E-state index is 11.3. The Morgan fingerprint density at radius 2 is 1.79 bits per heavy atom. The topological polar surface area (TPSA) is 81.8 Å². The summed E-state index contributed by atoms with van der Waals surface area (Å²) in [5.74, 6) is 0.0898. The van der Waals surface area contributed by atoms with Crippen LogP contribution in [-0.4, -0.2) is 22.8 Å². The van der Waals surface area contributed by atoms with Gasteiger partial charge >= 0.3 is 5.97 Å². The number of carbonyl (C=O) groups is 1. The van der Waals surface area contributed by atoms with E-state index in [1.165, 1.54) is 6.26 Å². The summed E-state index contributed by atoms with van der Waals surface area (Å²) in [6, 6.07) is 22.8. The van der Waals surface area contributed by atoms with Gasteiger partial charge < -0.3 is 19.1 Å². The first-order valence-electron chi connectivity index (χ1n) is 10.9. The number of para-hydroxylation sites is 1. The molecule has 4 rings (SSSR count). The largest absolute Gasteiger partial charge is 0.492 e. The number of aliphatic carboxylic acids is 1. The van der Waals surface area contributed by atoms with E-state index in [-0.39, 0.29) is 12.3 Å².